The van der Waals surface area contributed by atoms with Crippen LogP contribution in [0.2, 0.25) is 0 Å². The number of carbonyl (C=O) groups is 2. The van der Waals surface area contributed by atoms with Crippen molar-refractivity contribution in [3.05, 3.63) is 41.4 Å². The molecule has 0 bridgehead atoms. The third-order valence-corrected chi connectivity index (χ3v) is 5.95. The summed E-state index contributed by atoms with van der Waals surface area (Å²) in [4.78, 5) is 35.2. The van der Waals surface area contributed by atoms with Crippen LogP contribution in [-0.4, -0.2) is 49.1 Å². The SMILES string of the molecule is COCCOC(=O)C1=C(C)N=C(C)C(C(=O)OC2CCCCCC2)C1c1cccnc1. The predicted molar refractivity (Wildman–Crippen MR) is 117 cm³/mol. The van der Waals surface area contributed by atoms with Crippen molar-refractivity contribution >= 4 is 17.7 Å². The summed E-state index contributed by atoms with van der Waals surface area (Å²) in [5.74, 6) is -2.08. The molecule has 2 heterocycles. The molecule has 1 aromatic rings. The second-order valence-electron chi connectivity index (χ2n) is 8.17. The Hall–Kier alpha value is -2.54. The summed E-state index contributed by atoms with van der Waals surface area (Å²) in [5.41, 5.74) is 2.32. The highest BCUT2D eigenvalue weighted by Gasteiger charge is 2.43. The molecule has 7 heteroatoms. The van der Waals surface area contributed by atoms with Crippen molar-refractivity contribution in [1.82, 2.24) is 4.98 Å². The van der Waals surface area contributed by atoms with Crippen LogP contribution in [0.1, 0.15) is 63.9 Å². The lowest BCUT2D eigenvalue weighted by Gasteiger charge is -2.32. The zero-order valence-corrected chi connectivity index (χ0v) is 18.6. The van der Waals surface area contributed by atoms with Gasteiger partial charge in [-0.05, 0) is 51.2 Å². The number of hydrogen-bond donors (Lipinski definition) is 0. The molecule has 1 aliphatic carbocycles. The number of nitrogens with zero attached hydrogens (tertiary/aromatic N) is 2. The van der Waals surface area contributed by atoms with Gasteiger partial charge in [-0.1, -0.05) is 18.9 Å². The Balaban J connectivity index is 1.92. The zero-order chi connectivity index (χ0) is 22.2. The van der Waals surface area contributed by atoms with Crippen molar-refractivity contribution in [3.8, 4) is 0 Å². The molecule has 1 aromatic heterocycles. The number of aliphatic imine (C=N–C) groups is 1. The number of ether oxygens (including phenoxy) is 3. The molecule has 0 spiro atoms. The topological polar surface area (TPSA) is 87.1 Å². The Morgan fingerprint density at radius 3 is 2.48 bits per heavy atom. The molecule has 2 atom stereocenters. The van der Waals surface area contributed by atoms with Gasteiger partial charge in [-0.3, -0.25) is 14.8 Å². The molecule has 1 fully saturated rings. The molecule has 2 aliphatic rings. The van der Waals surface area contributed by atoms with E-state index < -0.39 is 17.8 Å². The van der Waals surface area contributed by atoms with Gasteiger partial charge in [0.05, 0.1) is 12.2 Å². The van der Waals surface area contributed by atoms with Gasteiger partial charge in [0.25, 0.3) is 0 Å². The Kier molecular flexibility index (Phi) is 8.35. The van der Waals surface area contributed by atoms with Gasteiger partial charge in [0.15, 0.2) is 0 Å². The molecule has 7 nitrogen and oxygen atoms in total. The molecule has 0 saturated heterocycles. The first kappa shape index (κ1) is 23.1. The average Bonchev–Trinajstić information content (AvgIpc) is 3.02. The van der Waals surface area contributed by atoms with E-state index >= 15 is 0 Å². The molecule has 0 aromatic carbocycles. The molecule has 168 valence electrons. The monoisotopic (exact) mass is 428 g/mol. The number of hydrogen-bond acceptors (Lipinski definition) is 7. The van der Waals surface area contributed by atoms with Gasteiger partial charge in [-0.25, -0.2) is 4.79 Å². The fraction of sp³-hybridized carbons (Fsp3) is 0.583. The van der Waals surface area contributed by atoms with Crippen LogP contribution in [0.3, 0.4) is 0 Å². The summed E-state index contributed by atoms with van der Waals surface area (Å²) < 4.78 is 16.4. The maximum atomic E-state index is 13.4. The lowest BCUT2D eigenvalue weighted by Crippen LogP contribution is -2.38. The summed E-state index contributed by atoms with van der Waals surface area (Å²) >= 11 is 0. The fourth-order valence-corrected chi connectivity index (χ4v) is 4.42. The quantitative estimate of drug-likeness (QED) is 0.371. The van der Waals surface area contributed by atoms with Crippen molar-refractivity contribution in [2.45, 2.75) is 64.4 Å². The number of methoxy groups -OCH3 is 1. The van der Waals surface area contributed by atoms with E-state index in [2.05, 4.69) is 9.98 Å². The molecule has 0 radical (unpaired) electrons. The van der Waals surface area contributed by atoms with E-state index in [4.69, 9.17) is 14.2 Å². The average molecular weight is 429 g/mol. The Labute approximate surface area is 183 Å². The number of carbonyl (C=O) groups excluding carboxylic acids is 2. The van der Waals surface area contributed by atoms with Gasteiger partial charge < -0.3 is 14.2 Å². The first-order valence-corrected chi connectivity index (χ1v) is 11.0. The van der Waals surface area contributed by atoms with Crippen LogP contribution in [-0.2, 0) is 23.8 Å². The van der Waals surface area contributed by atoms with Crippen LogP contribution in [0.25, 0.3) is 0 Å². The molecule has 0 amide bonds. The minimum absolute atomic E-state index is 0.0820. The van der Waals surface area contributed by atoms with E-state index in [0.29, 0.717) is 23.6 Å². The molecular formula is C24H32N2O5. The maximum Gasteiger partial charge on any atom is 0.336 e. The molecule has 0 N–H and O–H groups in total. The van der Waals surface area contributed by atoms with E-state index in [1.165, 1.54) is 12.8 Å². The van der Waals surface area contributed by atoms with Crippen LogP contribution in [0, 0.1) is 5.92 Å². The Morgan fingerprint density at radius 2 is 1.84 bits per heavy atom. The highest BCUT2D eigenvalue weighted by molar-refractivity contribution is 6.07. The van der Waals surface area contributed by atoms with Gasteiger partial charge in [0.2, 0.25) is 0 Å². The van der Waals surface area contributed by atoms with Crippen LogP contribution in [0.4, 0.5) is 0 Å². The molecule has 31 heavy (non-hydrogen) atoms. The maximum absolute atomic E-state index is 13.4. The minimum Gasteiger partial charge on any atom is -0.462 e. The predicted octanol–water partition coefficient (Wildman–Crippen LogP) is 3.99. The number of pyridine rings is 1. The van der Waals surface area contributed by atoms with E-state index in [0.717, 1.165) is 31.2 Å². The highest BCUT2D eigenvalue weighted by atomic mass is 16.6. The summed E-state index contributed by atoms with van der Waals surface area (Å²) in [7, 11) is 1.55. The first-order valence-electron chi connectivity index (χ1n) is 11.0. The lowest BCUT2D eigenvalue weighted by molar-refractivity contribution is -0.152. The summed E-state index contributed by atoms with van der Waals surface area (Å²) in [5, 5.41) is 0. The fourth-order valence-electron chi connectivity index (χ4n) is 4.42. The Bertz CT molecular complexity index is 826. The molecule has 1 saturated carbocycles. The highest BCUT2D eigenvalue weighted by Crippen LogP contribution is 2.40. The zero-order valence-electron chi connectivity index (χ0n) is 18.6. The van der Waals surface area contributed by atoms with Crippen molar-refractivity contribution in [2.75, 3.05) is 20.3 Å². The third kappa shape index (κ3) is 5.79. The second-order valence-corrected chi connectivity index (χ2v) is 8.17. The van der Waals surface area contributed by atoms with Gasteiger partial charge in [0, 0.05) is 36.8 Å². The normalized spacial score (nSPS) is 22.5. The number of allylic oxidation sites excluding steroid dienone is 1. The van der Waals surface area contributed by atoms with Crippen molar-refractivity contribution in [1.29, 1.82) is 0 Å². The van der Waals surface area contributed by atoms with Gasteiger partial charge >= 0.3 is 11.9 Å². The van der Waals surface area contributed by atoms with Crippen molar-refractivity contribution < 1.29 is 23.8 Å². The first-order chi connectivity index (χ1) is 15.0. The molecular weight excluding hydrogens is 396 g/mol. The number of aromatic nitrogens is 1. The minimum atomic E-state index is -0.693. The number of esters is 2. The lowest BCUT2D eigenvalue weighted by atomic mass is 9.76. The smallest absolute Gasteiger partial charge is 0.336 e. The largest absolute Gasteiger partial charge is 0.462 e. The van der Waals surface area contributed by atoms with Crippen LogP contribution < -0.4 is 0 Å². The van der Waals surface area contributed by atoms with E-state index in [1.54, 1.807) is 32.5 Å². The van der Waals surface area contributed by atoms with E-state index in [1.807, 2.05) is 13.0 Å². The third-order valence-electron chi connectivity index (χ3n) is 5.95. The second kappa shape index (κ2) is 11.2. The standard InChI is InChI=1S/C24H32N2O5/c1-16-20(23(27)30-14-13-29-3)22(18-9-8-12-25-15-18)21(17(2)26-16)24(28)31-19-10-6-4-5-7-11-19/h8-9,12,15,19,21-22H,4-7,10-11,13-14H2,1-3H3. The van der Waals surface area contributed by atoms with Crippen LogP contribution >= 0.6 is 0 Å². The Morgan fingerprint density at radius 1 is 1.10 bits per heavy atom. The molecule has 1 aliphatic heterocycles. The molecule has 2 unspecified atom stereocenters. The van der Waals surface area contributed by atoms with Crippen LogP contribution in [0.15, 0.2) is 40.8 Å². The van der Waals surface area contributed by atoms with Gasteiger partial charge in [-0.2, -0.15) is 0 Å². The van der Waals surface area contributed by atoms with Crippen LogP contribution in [0.5, 0.6) is 0 Å². The summed E-state index contributed by atoms with van der Waals surface area (Å²) in [6.45, 7) is 4.02. The van der Waals surface area contributed by atoms with Gasteiger partial charge in [0.1, 0.15) is 18.6 Å². The van der Waals surface area contributed by atoms with Crippen molar-refractivity contribution in [2.24, 2.45) is 10.9 Å². The van der Waals surface area contributed by atoms with Gasteiger partial charge in [-0.15, -0.1) is 0 Å². The van der Waals surface area contributed by atoms with E-state index in [9.17, 15) is 9.59 Å². The molecule has 3 rings (SSSR count). The summed E-state index contributed by atoms with van der Waals surface area (Å²) in [6, 6.07) is 3.67. The number of rotatable bonds is 7. The van der Waals surface area contributed by atoms with Crippen molar-refractivity contribution in [3.63, 3.8) is 0 Å². The van der Waals surface area contributed by atoms with E-state index in [-0.39, 0.29) is 18.7 Å². The summed E-state index contributed by atoms with van der Waals surface area (Å²) in [6.07, 6.45) is 9.52.